The molecule has 0 aromatic heterocycles. The molecule has 0 saturated heterocycles. The lowest BCUT2D eigenvalue weighted by atomic mass is 9.80. The van der Waals surface area contributed by atoms with Crippen molar-refractivity contribution in [3.63, 3.8) is 0 Å². The van der Waals surface area contributed by atoms with Crippen LogP contribution in [0.25, 0.3) is 0 Å². The Balaban J connectivity index is 1.91. The van der Waals surface area contributed by atoms with E-state index >= 15 is 0 Å². The number of benzene rings is 1. The standard InChI is InChI=1S/C20H28F2O3/c1-3-5-6-14-7-9-15(10-8-14)20(23)25-17-12-11-16(24-13-4-2)18(21)19(17)22/h11-12,14-15H,3-10,13H2,1-2H3/t14-,15-. The van der Waals surface area contributed by atoms with Crippen molar-refractivity contribution in [3.05, 3.63) is 23.8 Å². The van der Waals surface area contributed by atoms with Gasteiger partial charge >= 0.3 is 5.97 Å². The Bertz CT molecular complexity index is 566. The summed E-state index contributed by atoms with van der Waals surface area (Å²) in [5.41, 5.74) is 0. The molecule has 1 fully saturated rings. The van der Waals surface area contributed by atoms with Crippen molar-refractivity contribution < 1.29 is 23.0 Å². The molecule has 0 amide bonds. The summed E-state index contributed by atoms with van der Waals surface area (Å²) in [6, 6.07) is 2.56. The summed E-state index contributed by atoms with van der Waals surface area (Å²) in [6.07, 6.45) is 7.82. The number of ether oxygens (including phenoxy) is 2. The van der Waals surface area contributed by atoms with Crippen molar-refractivity contribution in [1.82, 2.24) is 0 Å². The Morgan fingerprint density at radius 2 is 1.68 bits per heavy atom. The molecule has 3 nitrogen and oxygen atoms in total. The van der Waals surface area contributed by atoms with E-state index in [2.05, 4.69) is 6.92 Å². The van der Waals surface area contributed by atoms with E-state index in [1.54, 1.807) is 0 Å². The van der Waals surface area contributed by atoms with Gasteiger partial charge in [-0.3, -0.25) is 4.79 Å². The SMILES string of the molecule is CCCC[C@H]1CC[C@H](C(=O)Oc2ccc(OCCC)c(F)c2F)CC1. The summed E-state index contributed by atoms with van der Waals surface area (Å²) in [4.78, 5) is 12.3. The molecule has 0 aliphatic heterocycles. The number of carbonyl (C=O) groups excluding carboxylic acids is 1. The van der Waals surface area contributed by atoms with Crippen LogP contribution in [0.1, 0.15) is 65.2 Å². The van der Waals surface area contributed by atoms with Gasteiger partial charge in [-0.25, -0.2) is 0 Å². The Morgan fingerprint density at radius 1 is 1.04 bits per heavy atom. The van der Waals surface area contributed by atoms with Gasteiger partial charge in [-0.05, 0) is 50.2 Å². The monoisotopic (exact) mass is 354 g/mol. The van der Waals surface area contributed by atoms with Crippen LogP contribution in [-0.2, 0) is 4.79 Å². The summed E-state index contributed by atoms with van der Waals surface area (Å²) < 4.78 is 38.3. The first-order chi connectivity index (χ1) is 12.1. The molecule has 1 aromatic rings. The summed E-state index contributed by atoms with van der Waals surface area (Å²) in [6.45, 7) is 4.35. The third kappa shape index (κ3) is 5.41. The fraction of sp³-hybridized carbons (Fsp3) is 0.650. The van der Waals surface area contributed by atoms with Gasteiger partial charge in [0.15, 0.2) is 11.5 Å². The zero-order chi connectivity index (χ0) is 18.2. The van der Waals surface area contributed by atoms with E-state index in [9.17, 15) is 13.6 Å². The van der Waals surface area contributed by atoms with Crippen LogP contribution in [0, 0.1) is 23.5 Å². The lowest BCUT2D eigenvalue weighted by molar-refractivity contribution is -0.140. The van der Waals surface area contributed by atoms with Crippen LogP contribution in [0.3, 0.4) is 0 Å². The van der Waals surface area contributed by atoms with Crippen molar-refractivity contribution in [2.45, 2.75) is 65.2 Å². The van der Waals surface area contributed by atoms with Crippen molar-refractivity contribution in [1.29, 1.82) is 0 Å². The minimum atomic E-state index is -1.17. The Morgan fingerprint density at radius 3 is 2.32 bits per heavy atom. The van der Waals surface area contributed by atoms with Crippen molar-refractivity contribution in [3.8, 4) is 11.5 Å². The number of halogens is 2. The normalized spacial score (nSPS) is 20.3. The van der Waals surface area contributed by atoms with E-state index < -0.39 is 17.6 Å². The number of esters is 1. The molecule has 0 unspecified atom stereocenters. The minimum absolute atomic E-state index is 0.157. The van der Waals surface area contributed by atoms with Crippen LogP contribution in [0.4, 0.5) is 8.78 Å². The maximum atomic E-state index is 14.1. The molecule has 140 valence electrons. The largest absolute Gasteiger partial charge is 0.490 e. The average molecular weight is 354 g/mol. The number of unbranched alkanes of at least 4 members (excludes halogenated alkanes) is 1. The van der Waals surface area contributed by atoms with Crippen LogP contribution in [0.2, 0.25) is 0 Å². The quantitative estimate of drug-likeness (QED) is 0.447. The highest BCUT2D eigenvalue weighted by atomic mass is 19.2. The summed E-state index contributed by atoms with van der Waals surface area (Å²) in [5.74, 6) is -2.81. The highest BCUT2D eigenvalue weighted by molar-refractivity contribution is 5.75. The van der Waals surface area contributed by atoms with E-state index in [4.69, 9.17) is 9.47 Å². The maximum Gasteiger partial charge on any atom is 0.314 e. The van der Waals surface area contributed by atoms with Gasteiger partial charge in [-0.15, -0.1) is 0 Å². The summed E-state index contributed by atoms with van der Waals surface area (Å²) >= 11 is 0. The van der Waals surface area contributed by atoms with Gasteiger partial charge in [-0.1, -0.05) is 33.1 Å². The van der Waals surface area contributed by atoms with E-state index in [0.29, 0.717) is 18.9 Å². The van der Waals surface area contributed by atoms with Crippen LogP contribution in [-0.4, -0.2) is 12.6 Å². The predicted octanol–water partition coefficient (Wildman–Crippen LogP) is 5.66. The van der Waals surface area contributed by atoms with Gasteiger partial charge < -0.3 is 9.47 Å². The fourth-order valence-corrected chi connectivity index (χ4v) is 3.29. The van der Waals surface area contributed by atoms with Crippen LogP contribution in [0.15, 0.2) is 12.1 Å². The van der Waals surface area contributed by atoms with Crippen LogP contribution in [0.5, 0.6) is 11.5 Å². The molecule has 0 N–H and O–H groups in total. The lowest BCUT2D eigenvalue weighted by Gasteiger charge is -2.27. The first-order valence-corrected chi connectivity index (χ1v) is 9.39. The molecule has 1 aliphatic rings. The second-order valence-corrected chi connectivity index (χ2v) is 6.82. The highest BCUT2D eigenvalue weighted by Crippen LogP contribution is 2.34. The second-order valence-electron chi connectivity index (χ2n) is 6.82. The summed E-state index contributed by atoms with van der Waals surface area (Å²) in [7, 11) is 0. The Hall–Kier alpha value is -1.65. The molecule has 25 heavy (non-hydrogen) atoms. The highest BCUT2D eigenvalue weighted by Gasteiger charge is 2.28. The topological polar surface area (TPSA) is 35.5 Å². The molecule has 1 saturated carbocycles. The second kappa shape index (κ2) is 9.73. The van der Waals surface area contributed by atoms with Crippen molar-refractivity contribution in [2.24, 2.45) is 11.8 Å². The molecule has 1 aromatic carbocycles. The number of rotatable bonds is 8. The number of carbonyl (C=O) groups is 1. The Kier molecular flexibility index (Phi) is 7.66. The molecule has 0 heterocycles. The molecule has 1 aliphatic carbocycles. The first kappa shape index (κ1) is 19.7. The van der Waals surface area contributed by atoms with Crippen LogP contribution >= 0.6 is 0 Å². The van der Waals surface area contributed by atoms with Gasteiger partial charge in [0.05, 0.1) is 12.5 Å². The molecule has 0 radical (unpaired) electrons. The number of hydrogen-bond donors (Lipinski definition) is 0. The van der Waals surface area contributed by atoms with Gasteiger partial charge in [-0.2, -0.15) is 8.78 Å². The molecule has 2 rings (SSSR count). The maximum absolute atomic E-state index is 14.1. The van der Waals surface area contributed by atoms with E-state index in [1.807, 2.05) is 6.92 Å². The minimum Gasteiger partial charge on any atom is -0.490 e. The first-order valence-electron chi connectivity index (χ1n) is 9.39. The van der Waals surface area contributed by atoms with Crippen molar-refractivity contribution >= 4 is 5.97 Å². The van der Waals surface area contributed by atoms with Gasteiger partial charge in [0.2, 0.25) is 11.6 Å². The van der Waals surface area contributed by atoms with E-state index in [-0.39, 0.29) is 17.4 Å². The molecule has 0 bridgehead atoms. The van der Waals surface area contributed by atoms with Crippen molar-refractivity contribution in [2.75, 3.05) is 6.61 Å². The average Bonchev–Trinajstić information content (AvgIpc) is 2.63. The molecule has 0 atom stereocenters. The fourth-order valence-electron chi connectivity index (χ4n) is 3.29. The van der Waals surface area contributed by atoms with E-state index in [1.165, 1.54) is 31.4 Å². The third-order valence-electron chi connectivity index (χ3n) is 4.83. The smallest absolute Gasteiger partial charge is 0.314 e. The number of hydrogen-bond acceptors (Lipinski definition) is 3. The summed E-state index contributed by atoms with van der Waals surface area (Å²) in [5, 5.41) is 0. The zero-order valence-corrected chi connectivity index (χ0v) is 15.2. The molecular formula is C20H28F2O3. The molecule has 5 heteroatoms. The zero-order valence-electron chi connectivity index (χ0n) is 15.2. The molecule has 0 spiro atoms. The molecular weight excluding hydrogens is 326 g/mol. The Labute approximate surface area is 148 Å². The predicted molar refractivity (Wildman–Crippen MR) is 92.8 cm³/mol. The lowest BCUT2D eigenvalue weighted by Crippen LogP contribution is -2.26. The van der Waals surface area contributed by atoms with Gasteiger partial charge in [0.25, 0.3) is 0 Å². The third-order valence-corrected chi connectivity index (χ3v) is 4.83. The van der Waals surface area contributed by atoms with Gasteiger partial charge in [0, 0.05) is 0 Å². The van der Waals surface area contributed by atoms with Gasteiger partial charge in [0.1, 0.15) is 0 Å². The van der Waals surface area contributed by atoms with E-state index in [0.717, 1.165) is 25.7 Å². The van der Waals surface area contributed by atoms with Crippen LogP contribution < -0.4 is 9.47 Å².